The fourth-order valence-electron chi connectivity index (χ4n) is 4.27. The predicted octanol–water partition coefficient (Wildman–Crippen LogP) is 1.57. The Morgan fingerprint density at radius 1 is 1.36 bits per heavy atom. The molecule has 0 aliphatic carbocycles. The topological polar surface area (TPSA) is 157 Å². The summed E-state index contributed by atoms with van der Waals surface area (Å²) in [7, 11) is 1.25. The lowest BCUT2D eigenvalue weighted by Crippen LogP contribution is -2.24. The molecule has 0 amide bonds. The molecule has 4 aromatic rings. The summed E-state index contributed by atoms with van der Waals surface area (Å²) in [5, 5.41) is 13.9. The van der Waals surface area contributed by atoms with Crippen LogP contribution in [0.4, 0.5) is 0 Å². The number of hydrogen-bond acceptors (Lipinski definition) is 10. The van der Waals surface area contributed by atoms with Crippen molar-refractivity contribution >= 4 is 34.4 Å². The van der Waals surface area contributed by atoms with Crippen molar-refractivity contribution in [3.8, 4) is 6.07 Å². The largest absolute Gasteiger partial charge is 0.465 e. The number of thioether (sulfide) groups is 1. The minimum atomic E-state index is -0.647. The summed E-state index contributed by atoms with van der Waals surface area (Å²) in [6, 6.07) is 4.90. The lowest BCUT2D eigenvalue weighted by molar-refractivity contribution is 0.0602. The van der Waals surface area contributed by atoms with Crippen LogP contribution < -0.4 is 11.1 Å². The number of aryl methyl sites for hydroxylation is 1. The minimum absolute atomic E-state index is 0.0825. The molecule has 0 aromatic carbocycles. The van der Waals surface area contributed by atoms with Gasteiger partial charge in [-0.2, -0.15) is 15.3 Å². The molecule has 13 heteroatoms. The number of pyridine rings is 1. The fourth-order valence-corrected chi connectivity index (χ4v) is 5.22. The van der Waals surface area contributed by atoms with E-state index in [0.29, 0.717) is 41.0 Å². The second-order valence-corrected chi connectivity index (χ2v) is 9.23. The van der Waals surface area contributed by atoms with Crippen molar-refractivity contribution in [2.45, 2.75) is 43.3 Å². The first-order valence-electron chi connectivity index (χ1n) is 11.1. The number of H-pyrrole nitrogens is 1. The van der Waals surface area contributed by atoms with Gasteiger partial charge >= 0.3 is 5.97 Å². The van der Waals surface area contributed by atoms with E-state index in [1.807, 2.05) is 6.07 Å². The van der Waals surface area contributed by atoms with Gasteiger partial charge in [0.25, 0.3) is 11.1 Å². The molecule has 5 heterocycles. The van der Waals surface area contributed by atoms with Crippen molar-refractivity contribution in [2.75, 3.05) is 13.7 Å². The molecule has 1 aliphatic rings. The summed E-state index contributed by atoms with van der Waals surface area (Å²) >= 11 is 1.22. The highest BCUT2D eigenvalue weighted by Crippen LogP contribution is 2.27. The minimum Gasteiger partial charge on any atom is -0.465 e. The molecule has 1 N–H and O–H groups in total. The number of nitrogens with zero attached hydrogens (tertiary/aromatic N) is 6. The van der Waals surface area contributed by atoms with E-state index in [-0.39, 0.29) is 33.9 Å². The standard InChI is InChI=1S/C23H21N7O5S/c1-12-6-16(22(33)34-2)18-20(26-12)29(10-15-4-3-5-35-15)23(28-21(18)32)36-11-14-7-17(31)27-19-13(8-24)9-25-30(14)19/h6-7,9,15H,3-5,10-11H2,1-2H3,(H,27,31)/t15-/m0/s1. The zero-order chi connectivity index (χ0) is 25.4. The smallest absolute Gasteiger partial charge is 0.338 e. The third kappa shape index (κ3) is 4.25. The molecular weight excluding hydrogens is 486 g/mol. The Morgan fingerprint density at radius 3 is 2.92 bits per heavy atom. The predicted molar refractivity (Wildman–Crippen MR) is 129 cm³/mol. The van der Waals surface area contributed by atoms with Gasteiger partial charge in [0.05, 0.1) is 42.6 Å². The molecule has 0 unspecified atom stereocenters. The van der Waals surface area contributed by atoms with Gasteiger partial charge < -0.3 is 19.0 Å². The lowest BCUT2D eigenvalue weighted by atomic mass is 10.1. The Morgan fingerprint density at radius 2 is 2.19 bits per heavy atom. The second kappa shape index (κ2) is 9.56. The normalized spacial score (nSPS) is 15.4. The van der Waals surface area contributed by atoms with Crippen LogP contribution in [0.1, 0.15) is 40.2 Å². The van der Waals surface area contributed by atoms with Gasteiger partial charge in [-0.15, -0.1) is 0 Å². The lowest BCUT2D eigenvalue weighted by Gasteiger charge is -2.19. The van der Waals surface area contributed by atoms with Crippen LogP contribution in [0.15, 0.2) is 33.1 Å². The average molecular weight is 508 g/mol. The Kier molecular flexibility index (Phi) is 6.29. The van der Waals surface area contributed by atoms with Gasteiger partial charge in [-0.1, -0.05) is 11.8 Å². The van der Waals surface area contributed by atoms with Crippen molar-refractivity contribution in [1.29, 1.82) is 5.26 Å². The SMILES string of the molecule is COC(=O)c1cc(C)nc2c1c(=O)nc(SCc1cc(=O)[nH]c3c(C#N)cnn13)n2C[C@@H]1CCCO1. The molecule has 1 fully saturated rings. The van der Waals surface area contributed by atoms with Crippen LogP contribution >= 0.6 is 11.8 Å². The van der Waals surface area contributed by atoms with E-state index in [0.717, 1.165) is 12.8 Å². The van der Waals surface area contributed by atoms with Gasteiger partial charge in [0.15, 0.2) is 10.8 Å². The number of ether oxygens (including phenoxy) is 2. The number of carbonyl (C=O) groups is 1. The maximum absolute atomic E-state index is 13.1. The summed E-state index contributed by atoms with van der Waals surface area (Å²) in [6.07, 6.45) is 3.04. The summed E-state index contributed by atoms with van der Waals surface area (Å²) in [5.41, 5.74) is 1.04. The quantitative estimate of drug-likeness (QED) is 0.231. The van der Waals surface area contributed by atoms with Gasteiger partial charge in [-0.05, 0) is 25.8 Å². The summed E-state index contributed by atoms with van der Waals surface area (Å²) < 4.78 is 14.0. The first-order chi connectivity index (χ1) is 17.4. The summed E-state index contributed by atoms with van der Waals surface area (Å²) in [6.45, 7) is 2.76. The molecule has 0 bridgehead atoms. The van der Waals surface area contributed by atoms with Crippen LogP contribution in [0.5, 0.6) is 0 Å². The Balaban J connectivity index is 1.64. The van der Waals surface area contributed by atoms with E-state index in [1.54, 1.807) is 11.5 Å². The van der Waals surface area contributed by atoms with Gasteiger partial charge in [0.2, 0.25) is 0 Å². The number of nitriles is 1. The third-order valence-electron chi connectivity index (χ3n) is 5.89. The maximum Gasteiger partial charge on any atom is 0.338 e. The number of fused-ring (bicyclic) bond motifs is 2. The van der Waals surface area contributed by atoms with E-state index < -0.39 is 11.5 Å². The van der Waals surface area contributed by atoms with Crippen molar-refractivity contribution < 1.29 is 14.3 Å². The highest BCUT2D eigenvalue weighted by molar-refractivity contribution is 7.98. The second-order valence-electron chi connectivity index (χ2n) is 8.29. The molecule has 1 saturated heterocycles. The maximum atomic E-state index is 13.1. The Hall–Kier alpha value is -4.02. The molecule has 1 aliphatic heterocycles. The van der Waals surface area contributed by atoms with Gasteiger partial charge in [0, 0.05) is 24.1 Å². The van der Waals surface area contributed by atoms with Gasteiger partial charge in [-0.3, -0.25) is 9.59 Å². The molecular formula is C23H21N7O5S. The van der Waals surface area contributed by atoms with E-state index >= 15 is 0 Å². The van der Waals surface area contributed by atoms with Crippen LogP contribution in [0.3, 0.4) is 0 Å². The molecule has 36 heavy (non-hydrogen) atoms. The molecule has 1 atom stereocenters. The molecule has 184 valence electrons. The molecule has 0 saturated carbocycles. The first-order valence-corrected chi connectivity index (χ1v) is 12.1. The number of aromatic amines is 1. The van der Waals surface area contributed by atoms with E-state index in [2.05, 4.69) is 20.1 Å². The van der Waals surface area contributed by atoms with Crippen molar-refractivity contribution in [3.63, 3.8) is 0 Å². The summed E-state index contributed by atoms with van der Waals surface area (Å²) in [5.74, 6) is -0.419. The van der Waals surface area contributed by atoms with Crippen LogP contribution in [0, 0.1) is 18.3 Å². The zero-order valence-corrected chi connectivity index (χ0v) is 20.3. The van der Waals surface area contributed by atoms with E-state index in [4.69, 9.17) is 9.47 Å². The van der Waals surface area contributed by atoms with E-state index in [9.17, 15) is 19.6 Å². The molecule has 5 rings (SSSR count). The monoisotopic (exact) mass is 507 g/mol. The van der Waals surface area contributed by atoms with Crippen LogP contribution in [0.2, 0.25) is 0 Å². The number of carbonyl (C=O) groups excluding carboxylic acids is 1. The fraction of sp³-hybridized carbons (Fsp3) is 0.348. The van der Waals surface area contributed by atoms with Crippen LogP contribution in [0.25, 0.3) is 16.7 Å². The highest BCUT2D eigenvalue weighted by Gasteiger charge is 2.24. The molecule has 12 nitrogen and oxygen atoms in total. The first kappa shape index (κ1) is 23.7. The Labute approximate surface area is 207 Å². The van der Waals surface area contributed by atoms with Crippen molar-refractivity contribution in [3.05, 3.63) is 61.6 Å². The number of nitrogens with one attached hydrogen (secondary N) is 1. The molecule has 0 radical (unpaired) electrons. The number of aromatic nitrogens is 6. The Bertz CT molecular complexity index is 1660. The van der Waals surface area contributed by atoms with Crippen LogP contribution in [-0.2, 0) is 21.8 Å². The molecule has 0 spiro atoms. The molecule has 4 aromatic heterocycles. The third-order valence-corrected chi connectivity index (χ3v) is 6.90. The van der Waals surface area contributed by atoms with E-state index in [1.165, 1.54) is 41.7 Å². The number of rotatable bonds is 6. The highest BCUT2D eigenvalue weighted by atomic mass is 32.2. The van der Waals surface area contributed by atoms with Gasteiger partial charge in [0.1, 0.15) is 17.3 Å². The number of hydrogen-bond donors (Lipinski definition) is 1. The number of methoxy groups -OCH3 is 1. The average Bonchev–Trinajstić information content (AvgIpc) is 3.53. The number of esters is 1. The van der Waals surface area contributed by atoms with Crippen molar-refractivity contribution in [1.82, 2.24) is 29.1 Å². The summed E-state index contributed by atoms with van der Waals surface area (Å²) in [4.78, 5) is 49.3. The zero-order valence-electron chi connectivity index (χ0n) is 19.5. The van der Waals surface area contributed by atoms with Crippen molar-refractivity contribution in [2.24, 2.45) is 0 Å². The van der Waals surface area contributed by atoms with Gasteiger partial charge in [-0.25, -0.2) is 14.3 Å². The van der Waals surface area contributed by atoms with Crippen LogP contribution in [-0.4, -0.2) is 54.9 Å².